The van der Waals surface area contributed by atoms with Crippen molar-refractivity contribution in [2.45, 2.75) is 33.1 Å². The molecule has 0 aliphatic carbocycles. The topological polar surface area (TPSA) is 36.4 Å². The lowest BCUT2D eigenvalue weighted by molar-refractivity contribution is -0.141. The zero-order valence-corrected chi connectivity index (χ0v) is 14.1. The van der Waals surface area contributed by atoms with Gasteiger partial charge in [-0.05, 0) is 24.6 Å². The van der Waals surface area contributed by atoms with Crippen LogP contribution in [0.15, 0.2) is 42.6 Å². The molecule has 132 valence electrons. The number of aromatic nitrogens is 1. The summed E-state index contributed by atoms with van der Waals surface area (Å²) < 4.78 is 37.6. The predicted octanol–water partition coefficient (Wildman–Crippen LogP) is 4.06. The number of halogens is 3. The highest BCUT2D eigenvalue weighted by molar-refractivity contribution is 5.48. The van der Waals surface area contributed by atoms with Crippen molar-refractivity contribution < 1.29 is 18.3 Å². The fourth-order valence-corrected chi connectivity index (χ4v) is 2.99. The van der Waals surface area contributed by atoms with Crippen molar-refractivity contribution in [1.29, 1.82) is 0 Å². The first-order chi connectivity index (χ1) is 11.1. The summed E-state index contributed by atoms with van der Waals surface area (Å²) >= 11 is 0. The Kier molecular flexibility index (Phi) is 5.08. The Morgan fingerprint density at radius 2 is 2.00 bits per heavy atom. The van der Waals surface area contributed by atoms with Crippen LogP contribution in [-0.4, -0.2) is 29.3 Å². The van der Waals surface area contributed by atoms with Crippen LogP contribution in [0.2, 0.25) is 0 Å². The summed E-state index contributed by atoms with van der Waals surface area (Å²) in [5.74, 6) is 0.239. The van der Waals surface area contributed by atoms with E-state index in [1.807, 2.05) is 25.7 Å². The maximum absolute atomic E-state index is 12.5. The second-order valence-corrected chi connectivity index (χ2v) is 6.87. The third kappa shape index (κ3) is 3.64. The maximum atomic E-state index is 12.5. The van der Waals surface area contributed by atoms with Gasteiger partial charge in [-0.2, -0.15) is 13.2 Å². The Morgan fingerprint density at radius 3 is 2.46 bits per heavy atom. The number of aliphatic hydroxyl groups excluding tert-OH is 1. The number of alkyl halides is 3. The van der Waals surface area contributed by atoms with Crippen LogP contribution in [0.4, 0.5) is 18.9 Å². The number of anilines is 1. The molecule has 0 amide bonds. The summed E-state index contributed by atoms with van der Waals surface area (Å²) in [6.07, 6.45) is -0.311. The zero-order valence-electron chi connectivity index (χ0n) is 14.1. The number of hydrogen-bond acceptors (Lipinski definition) is 3. The van der Waals surface area contributed by atoms with Gasteiger partial charge in [-0.3, -0.25) is 0 Å². The van der Waals surface area contributed by atoms with E-state index >= 15 is 0 Å². The van der Waals surface area contributed by atoms with Crippen LogP contribution in [0.25, 0.3) is 0 Å². The van der Waals surface area contributed by atoms with Gasteiger partial charge in [-0.15, -0.1) is 0 Å². The first kappa shape index (κ1) is 18.5. The van der Waals surface area contributed by atoms with E-state index in [4.69, 9.17) is 0 Å². The minimum absolute atomic E-state index is 0.239. The third-order valence-corrected chi connectivity index (χ3v) is 4.85. The molecule has 3 nitrogen and oxygen atoms in total. The number of pyridine rings is 1. The van der Waals surface area contributed by atoms with Crippen LogP contribution in [0, 0.1) is 11.3 Å². The minimum atomic E-state index is -4.42. The SMILES string of the molecule is C=C/C=C(\C)C(O)C(C)(C)C1CN(c2ccc(C(F)(F)F)nc2)C1. The normalized spacial score (nSPS) is 18.3. The molecule has 24 heavy (non-hydrogen) atoms. The van der Waals surface area contributed by atoms with Gasteiger partial charge in [0.05, 0.1) is 18.0 Å². The zero-order chi connectivity index (χ0) is 18.1. The highest BCUT2D eigenvalue weighted by Crippen LogP contribution is 2.41. The summed E-state index contributed by atoms with van der Waals surface area (Å²) in [6.45, 7) is 10.9. The van der Waals surface area contributed by atoms with Crippen molar-refractivity contribution in [3.8, 4) is 0 Å². The standard InChI is InChI=1S/C18H23F3N2O/c1-5-6-12(2)16(24)17(3,4)13-10-23(11-13)14-7-8-15(22-9-14)18(19,20)21/h5-9,13,16,24H,1,10-11H2,2-4H3/b12-6+. The van der Waals surface area contributed by atoms with Crippen molar-refractivity contribution in [3.63, 3.8) is 0 Å². The smallest absolute Gasteiger partial charge is 0.388 e. The van der Waals surface area contributed by atoms with E-state index in [2.05, 4.69) is 11.6 Å². The lowest BCUT2D eigenvalue weighted by Crippen LogP contribution is -2.56. The highest BCUT2D eigenvalue weighted by atomic mass is 19.4. The van der Waals surface area contributed by atoms with Crippen molar-refractivity contribution in [1.82, 2.24) is 4.98 Å². The Labute approximate surface area is 140 Å². The molecule has 6 heteroatoms. The van der Waals surface area contributed by atoms with E-state index in [1.54, 1.807) is 12.2 Å². The molecule has 1 aromatic heterocycles. The molecular formula is C18H23F3N2O. The molecule has 0 saturated carbocycles. The van der Waals surface area contributed by atoms with Crippen LogP contribution >= 0.6 is 0 Å². The largest absolute Gasteiger partial charge is 0.433 e. The molecule has 0 spiro atoms. The highest BCUT2D eigenvalue weighted by Gasteiger charge is 2.44. The summed E-state index contributed by atoms with van der Waals surface area (Å²) in [4.78, 5) is 5.46. The average Bonchev–Trinajstić information content (AvgIpc) is 2.44. The summed E-state index contributed by atoms with van der Waals surface area (Å²) in [6, 6.07) is 2.44. The molecule has 1 aliphatic rings. The molecule has 1 fully saturated rings. The second kappa shape index (κ2) is 6.59. The predicted molar refractivity (Wildman–Crippen MR) is 88.7 cm³/mol. The summed E-state index contributed by atoms with van der Waals surface area (Å²) in [7, 11) is 0. The molecule has 1 aromatic rings. The number of aliphatic hydroxyl groups is 1. The molecule has 1 atom stereocenters. The Hall–Kier alpha value is -1.82. The van der Waals surface area contributed by atoms with Gasteiger partial charge in [0.2, 0.25) is 0 Å². The Balaban J connectivity index is 2.02. The van der Waals surface area contributed by atoms with E-state index < -0.39 is 18.0 Å². The van der Waals surface area contributed by atoms with Gasteiger partial charge < -0.3 is 10.0 Å². The number of hydrogen-bond donors (Lipinski definition) is 1. The van der Waals surface area contributed by atoms with E-state index in [-0.39, 0.29) is 11.3 Å². The Morgan fingerprint density at radius 1 is 1.38 bits per heavy atom. The van der Waals surface area contributed by atoms with Gasteiger partial charge >= 0.3 is 6.18 Å². The number of nitrogens with zero attached hydrogens (tertiary/aromatic N) is 2. The van der Waals surface area contributed by atoms with Crippen LogP contribution in [0.1, 0.15) is 26.5 Å². The monoisotopic (exact) mass is 340 g/mol. The number of allylic oxidation sites excluding steroid dienone is 2. The van der Waals surface area contributed by atoms with Crippen molar-refractivity contribution in [3.05, 3.63) is 48.3 Å². The third-order valence-electron chi connectivity index (χ3n) is 4.85. The van der Waals surface area contributed by atoms with E-state index in [0.717, 1.165) is 11.6 Å². The lowest BCUT2D eigenvalue weighted by Gasteiger charge is -2.50. The molecule has 0 radical (unpaired) electrons. The molecule has 2 heterocycles. The number of rotatable bonds is 5. The first-order valence-corrected chi connectivity index (χ1v) is 7.83. The molecule has 2 rings (SSSR count). The molecule has 1 N–H and O–H groups in total. The fourth-order valence-electron chi connectivity index (χ4n) is 2.99. The van der Waals surface area contributed by atoms with E-state index in [1.165, 1.54) is 12.3 Å². The van der Waals surface area contributed by atoms with Crippen LogP contribution < -0.4 is 4.90 Å². The summed E-state index contributed by atoms with van der Waals surface area (Å²) in [5, 5.41) is 10.5. The van der Waals surface area contributed by atoms with Crippen molar-refractivity contribution in [2.24, 2.45) is 11.3 Å². The van der Waals surface area contributed by atoms with Crippen LogP contribution in [0.5, 0.6) is 0 Å². The molecule has 0 aromatic carbocycles. The van der Waals surface area contributed by atoms with Crippen LogP contribution in [-0.2, 0) is 6.18 Å². The first-order valence-electron chi connectivity index (χ1n) is 7.83. The maximum Gasteiger partial charge on any atom is 0.433 e. The van der Waals surface area contributed by atoms with Crippen molar-refractivity contribution in [2.75, 3.05) is 18.0 Å². The molecule has 0 bridgehead atoms. The van der Waals surface area contributed by atoms with E-state index in [9.17, 15) is 18.3 Å². The van der Waals surface area contributed by atoms with Gasteiger partial charge in [0.1, 0.15) is 5.69 Å². The van der Waals surface area contributed by atoms with Gasteiger partial charge in [0.25, 0.3) is 0 Å². The quantitative estimate of drug-likeness (QED) is 0.822. The fraction of sp³-hybridized carbons (Fsp3) is 0.500. The molecule has 1 unspecified atom stereocenters. The minimum Gasteiger partial charge on any atom is -0.388 e. The Bertz CT molecular complexity index is 614. The van der Waals surface area contributed by atoms with Gasteiger partial charge in [0, 0.05) is 24.4 Å². The summed E-state index contributed by atoms with van der Waals surface area (Å²) in [5.41, 5.74) is 0.302. The van der Waals surface area contributed by atoms with Crippen molar-refractivity contribution >= 4 is 5.69 Å². The average molecular weight is 340 g/mol. The van der Waals surface area contributed by atoms with Gasteiger partial charge in [0.15, 0.2) is 0 Å². The van der Waals surface area contributed by atoms with Gasteiger partial charge in [-0.1, -0.05) is 32.6 Å². The lowest BCUT2D eigenvalue weighted by atomic mass is 9.68. The van der Waals surface area contributed by atoms with Gasteiger partial charge in [-0.25, -0.2) is 4.98 Å². The molecular weight excluding hydrogens is 317 g/mol. The molecule has 1 saturated heterocycles. The van der Waals surface area contributed by atoms with E-state index in [0.29, 0.717) is 18.8 Å². The molecule has 1 aliphatic heterocycles. The van der Waals surface area contributed by atoms with Crippen LogP contribution in [0.3, 0.4) is 0 Å². The second-order valence-electron chi connectivity index (χ2n) is 6.87.